The summed E-state index contributed by atoms with van der Waals surface area (Å²) in [6.07, 6.45) is 2.75. The summed E-state index contributed by atoms with van der Waals surface area (Å²) in [4.78, 5) is 25.8. The van der Waals surface area contributed by atoms with Gasteiger partial charge in [0.25, 0.3) is 11.8 Å². The van der Waals surface area contributed by atoms with Crippen LogP contribution in [0.5, 0.6) is 5.75 Å². The molecular weight excluding hydrogens is 418 g/mol. The molecule has 0 unspecified atom stereocenters. The number of ether oxygens (including phenoxy) is 1. The molecule has 1 aliphatic rings. The molecule has 160 valence electrons. The Balaban J connectivity index is 1.77. The van der Waals surface area contributed by atoms with Gasteiger partial charge in [-0.25, -0.2) is 0 Å². The van der Waals surface area contributed by atoms with Crippen LogP contribution in [0.4, 0.5) is 5.00 Å². The Labute approximate surface area is 186 Å². The third kappa shape index (κ3) is 4.82. The second kappa shape index (κ2) is 8.73. The highest BCUT2D eigenvalue weighted by Gasteiger charge is 2.33. The van der Waals surface area contributed by atoms with Crippen molar-refractivity contribution < 1.29 is 14.3 Å². The Hall–Kier alpha value is -2.45. The molecule has 0 bridgehead atoms. The molecule has 1 aromatic carbocycles. The van der Waals surface area contributed by atoms with Crippen LogP contribution in [0.1, 0.15) is 58.3 Å². The molecule has 2 amide bonds. The van der Waals surface area contributed by atoms with E-state index in [1.165, 1.54) is 23.3 Å². The number of rotatable bonds is 4. The predicted octanol–water partition coefficient (Wildman–Crippen LogP) is 4.13. The first-order valence-corrected chi connectivity index (χ1v) is 11.0. The summed E-state index contributed by atoms with van der Waals surface area (Å²) >= 11 is 6.82. The van der Waals surface area contributed by atoms with Gasteiger partial charge >= 0.3 is 0 Å². The third-order valence-corrected chi connectivity index (χ3v) is 6.90. The van der Waals surface area contributed by atoms with Crippen LogP contribution in [0.25, 0.3) is 0 Å². The van der Waals surface area contributed by atoms with Crippen LogP contribution in [0.3, 0.4) is 0 Å². The normalized spacial score (nSPS) is 15.8. The van der Waals surface area contributed by atoms with E-state index in [0.29, 0.717) is 27.8 Å². The van der Waals surface area contributed by atoms with Crippen molar-refractivity contribution in [3.63, 3.8) is 0 Å². The maximum absolute atomic E-state index is 12.5. The fraction of sp³-hybridized carbons (Fsp3) is 0.409. The monoisotopic (exact) mass is 445 g/mol. The van der Waals surface area contributed by atoms with Gasteiger partial charge in [0.15, 0.2) is 5.11 Å². The number of anilines is 1. The Morgan fingerprint density at radius 3 is 2.67 bits per heavy atom. The summed E-state index contributed by atoms with van der Waals surface area (Å²) in [7, 11) is 1.54. The Kier molecular flexibility index (Phi) is 6.47. The molecule has 0 saturated heterocycles. The van der Waals surface area contributed by atoms with Crippen molar-refractivity contribution in [2.45, 2.75) is 40.0 Å². The summed E-state index contributed by atoms with van der Waals surface area (Å²) in [5, 5.41) is 6.39. The molecule has 1 aliphatic carbocycles. The fourth-order valence-corrected chi connectivity index (χ4v) is 5.34. The number of fused-ring (bicyclic) bond motifs is 1. The highest BCUT2D eigenvalue weighted by atomic mass is 32.1. The number of methoxy groups -OCH3 is 1. The third-order valence-electron chi connectivity index (χ3n) is 5.52. The number of thiophene rings is 1. The van der Waals surface area contributed by atoms with Crippen molar-refractivity contribution >= 4 is 45.5 Å². The number of thiocarbonyl (C=S) groups is 1. The van der Waals surface area contributed by atoms with Gasteiger partial charge in [-0.2, -0.15) is 0 Å². The molecule has 8 heteroatoms. The van der Waals surface area contributed by atoms with Gasteiger partial charge in [-0.15, -0.1) is 11.3 Å². The first kappa shape index (κ1) is 22.2. The van der Waals surface area contributed by atoms with E-state index < -0.39 is 5.91 Å². The van der Waals surface area contributed by atoms with Crippen LogP contribution in [0, 0.1) is 11.3 Å². The molecule has 3 rings (SSSR count). The van der Waals surface area contributed by atoms with Crippen LogP contribution in [0.15, 0.2) is 24.3 Å². The lowest BCUT2D eigenvalue weighted by atomic mass is 9.72. The van der Waals surface area contributed by atoms with Gasteiger partial charge in [-0.05, 0) is 66.6 Å². The molecule has 1 atom stereocenters. The van der Waals surface area contributed by atoms with Crippen molar-refractivity contribution in [1.82, 2.24) is 5.32 Å². The van der Waals surface area contributed by atoms with Crippen LogP contribution in [-0.2, 0) is 12.8 Å². The van der Waals surface area contributed by atoms with E-state index in [0.717, 1.165) is 24.8 Å². The van der Waals surface area contributed by atoms with Crippen molar-refractivity contribution in [2.24, 2.45) is 17.1 Å². The summed E-state index contributed by atoms with van der Waals surface area (Å²) in [6.45, 7) is 6.73. The quantitative estimate of drug-likeness (QED) is 0.615. The lowest BCUT2D eigenvalue weighted by Gasteiger charge is -2.33. The van der Waals surface area contributed by atoms with Gasteiger partial charge < -0.3 is 15.8 Å². The molecule has 2 aromatic rings. The molecule has 4 N–H and O–H groups in total. The highest BCUT2D eigenvalue weighted by Crippen LogP contribution is 2.44. The molecule has 0 fully saturated rings. The Morgan fingerprint density at radius 1 is 1.30 bits per heavy atom. The molecule has 30 heavy (non-hydrogen) atoms. The summed E-state index contributed by atoms with van der Waals surface area (Å²) < 4.78 is 5.15. The molecule has 0 radical (unpaired) electrons. The number of amides is 2. The maximum atomic E-state index is 12.5. The average molecular weight is 446 g/mol. The van der Waals surface area contributed by atoms with Crippen molar-refractivity contribution in [2.75, 3.05) is 12.4 Å². The molecule has 0 spiro atoms. The molecule has 1 heterocycles. The number of nitrogens with two attached hydrogens (primary N) is 1. The van der Waals surface area contributed by atoms with Crippen LogP contribution in [0.2, 0.25) is 0 Å². The van der Waals surface area contributed by atoms with Crippen LogP contribution in [-0.4, -0.2) is 24.0 Å². The lowest BCUT2D eigenvalue weighted by Crippen LogP contribution is -2.34. The van der Waals surface area contributed by atoms with Gasteiger partial charge in [-0.3, -0.25) is 14.9 Å². The van der Waals surface area contributed by atoms with Crippen molar-refractivity contribution in [1.29, 1.82) is 0 Å². The molecule has 0 saturated carbocycles. The van der Waals surface area contributed by atoms with Gasteiger partial charge in [0.2, 0.25) is 0 Å². The minimum Gasteiger partial charge on any atom is -0.497 e. The summed E-state index contributed by atoms with van der Waals surface area (Å²) in [5.41, 5.74) is 7.80. The average Bonchev–Trinajstić information content (AvgIpc) is 3.04. The number of carbonyl (C=O) groups is 2. The zero-order valence-electron chi connectivity index (χ0n) is 17.6. The number of carbonyl (C=O) groups excluding carboxylic acids is 2. The number of primary amides is 1. The van der Waals surface area contributed by atoms with Gasteiger partial charge in [0.05, 0.1) is 12.7 Å². The molecule has 0 aliphatic heterocycles. The van der Waals surface area contributed by atoms with E-state index in [4.69, 9.17) is 22.7 Å². The Morgan fingerprint density at radius 2 is 2.03 bits per heavy atom. The molecule has 1 aromatic heterocycles. The SMILES string of the molecule is COc1cccc(C(=O)NC(=S)Nc2sc3c(c2C(N)=O)CC[C@@H](C(C)(C)C)C3)c1. The van der Waals surface area contributed by atoms with E-state index in [1.54, 1.807) is 24.3 Å². The van der Waals surface area contributed by atoms with Crippen molar-refractivity contribution in [3.05, 3.63) is 45.8 Å². The zero-order valence-corrected chi connectivity index (χ0v) is 19.3. The predicted molar refractivity (Wildman–Crippen MR) is 124 cm³/mol. The standard InChI is InChI=1S/C22H27N3O3S2/c1-22(2,3)13-8-9-15-16(11-13)30-20(17(15)18(23)26)25-21(29)24-19(27)12-6-5-7-14(10-12)28-4/h5-7,10,13H,8-9,11H2,1-4H3,(H2,23,26)(H2,24,25,27,29)/t13-/m1/s1. The van der Waals surface area contributed by atoms with Gasteiger partial charge in [-0.1, -0.05) is 26.8 Å². The lowest BCUT2D eigenvalue weighted by molar-refractivity contribution is 0.0975. The smallest absolute Gasteiger partial charge is 0.257 e. The zero-order chi connectivity index (χ0) is 22.1. The molecule has 6 nitrogen and oxygen atoms in total. The highest BCUT2D eigenvalue weighted by molar-refractivity contribution is 7.80. The number of nitrogens with one attached hydrogen (secondary N) is 2. The van der Waals surface area contributed by atoms with E-state index in [-0.39, 0.29) is 16.4 Å². The summed E-state index contributed by atoms with van der Waals surface area (Å²) in [6, 6.07) is 6.79. The number of benzene rings is 1. The van der Waals surface area contributed by atoms with E-state index in [2.05, 4.69) is 31.4 Å². The number of hydrogen-bond donors (Lipinski definition) is 3. The van der Waals surface area contributed by atoms with Crippen LogP contribution >= 0.6 is 23.6 Å². The van der Waals surface area contributed by atoms with E-state index in [1.807, 2.05) is 0 Å². The minimum atomic E-state index is -0.480. The second-order valence-corrected chi connectivity index (χ2v) is 10.0. The van der Waals surface area contributed by atoms with Gasteiger partial charge in [0, 0.05) is 10.4 Å². The number of hydrogen-bond acceptors (Lipinski definition) is 5. The topological polar surface area (TPSA) is 93.4 Å². The largest absolute Gasteiger partial charge is 0.497 e. The van der Waals surface area contributed by atoms with E-state index in [9.17, 15) is 9.59 Å². The summed E-state index contributed by atoms with van der Waals surface area (Å²) in [5.74, 6) is 0.279. The molecular formula is C22H27N3O3S2. The minimum absolute atomic E-state index is 0.122. The first-order chi connectivity index (χ1) is 14.1. The van der Waals surface area contributed by atoms with Crippen molar-refractivity contribution in [3.8, 4) is 5.75 Å². The van der Waals surface area contributed by atoms with Crippen LogP contribution < -0.4 is 21.1 Å². The van der Waals surface area contributed by atoms with E-state index >= 15 is 0 Å². The Bertz CT molecular complexity index is 992. The second-order valence-electron chi connectivity index (χ2n) is 8.52. The first-order valence-electron chi connectivity index (χ1n) is 9.81. The fourth-order valence-electron chi connectivity index (χ4n) is 3.75. The maximum Gasteiger partial charge on any atom is 0.257 e. The van der Waals surface area contributed by atoms with Gasteiger partial charge in [0.1, 0.15) is 10.8 Å².